The second kappa shape index (κ2) is 4.74. The molecule has 0 radical (unpaired) electrons. The number of rotatable bonds is 3. The van der Waals surface area contributed by atoms with E-state index >= 15 is 0 Å². The maximum absolute atomic E-state index is 11.3. The smallest absolute Gasteiger partial charge is 0.271 e. The second-order valence-electron chi connectivity index (χ2n) is 2.26. The zero-order valence-electron chi connectivity index (χ0n) is 6.83. The van der Waals surface area contributed by atoms with Crippen LogP contribution in [0.1, 0.15) is 10.5 Å². The Hall–Kier alpha value is -1.20. The standard InChI is InChI=1S/C7H9ClN4O/c8-5-3-10-4-12-6(5)7(13)11-2-1-9/h3-4H,1-2,9H2,(H,11,13). The highest BCUT2D eigenvalue weighted by molar-refractivity contribution is 6.33. The highest BCUT2D eigenvalue weighted by atomic mass is 35.5. The van der Waals surface area contributed by atoms with Crippen LogP contribution in [-0.4, -0.2) is 29.0 Å². The molecular formula is C7H9ClN4O. The highest BCUT2D eigenvalue weighted by Gasteiger charge is 2.10. The molecule has 0 fully saturated rings. The van der Waals surface area contributed by atoms with Crippen LogP contribution in [0.15, 0.2) is 12.5 Å². The molecule has 5 nitrogen and oxygen atoms in total. The van der Waals surface area contributed by atoms with Gasteiger partial charge in [-0.2, -0.15) is 0 Å². The van der Waals surface area contributed by atoms with Gasteiger partial charge in [-0.1, -0.05) is 11.6 Å². The number of nitrogens with zero attached hydrogens (tertiary/aromatic N) is 2. The summed E-state index contributed by atoms with van der Waals surface area (Å²) in [5, 5.41) is 2.78. The zero-order valence-corrected chi connectivity index (χ0v) is 7.58. The largest absolute Gasteiger partial charge is 0.349 e. The van der Waals surface area contributed by atoms with E-state index in [0.717, 1.165) is 0 Å². The normalized spacial score (nSPS) is 9.69. The summed E-state index contributed by atoms with van der Waals surface area (Å²) in [6.07, 6.45) is 2.63. The van der Waals surface area contributed by atoms with Gasteiger partial charge >= 0.3 is 0 Å². The maximum Gasteiger partial charge on any atom is 0.271 e. The van der Waals surface area contributed by atoms with E-state index < -0.39 is 0 Å². The number of amides is 1. The van der Waals surface area contributed by atoms with Gasteiger partial charge in [0.05, 0.1) is 5.02 Å². The fourth-order valence-electron chi connectivity index (χ4n) is 0.749. The fraction of sp³-hybridized carbons (Fsp3) is 0.286. The van der Waals surface area contributed by atoms with Gasteiger partial charge in [0.2, 0.25) is 0 Å². The molecule has 0 unspecified atom stereocenters. The van der Waals surface area contributed by atoms with Crippen molar-refractivity contribution in [2.45, 2.75) is 0 Å². The summed E-state index contributed by atoms with van der Waals surface area (Å²) in [4.78, 5) is 18.7. The summed E-state index contributed by atoms with van der Waals surface area (Å²) in [5.41, 5.74) is 5.38. The number of hydrogen-bond donors (Lipinski definition) is 2. The molecule has 70 valence electrons. The number of hydrogen-bond acceptors (Lipinski definition) is 4. The predicted molar refractivity (Wildman–Crippen MR) is 48.4 cm³/mol. The van der Waals surface area contributed by atoms with Crippen molar-refractivity contribution in [1.82, 2.24) is 15.3 Å². The number of nitrogens with two attached hydrogens (primary N) is 1. The molecule has 0 bridgehead atoms. The lowest BCUT2D eigenvalue weighted by molar-refractivity contribution is 0.0950. The fourth-order valence-corrected chi connectivity index (χ4v) is 0.940. The van der Waals surface area contributed by atoms with Gasteiger partial charge in [0.1, 0.15) is 12.0 Å². The van der Waals surface area contributed by atoms with E-state index in [1.54, 1.807) is 0 Å². The summed E-state index contributed by atoms with van der Waals surface area (Å²) in [6.45, 7) is 0.785. The van der Waals surface area contributed by atoms with Gasteiger partial charge in [0.15, 0.2) is 0 Å². The lowest BCUT2D eigenvalue weighted by Gasteiger charge is -2.02. The first-order valence-electron chi connectivity index (χ1n) is 3.69. The van der Waals surface area contributed by atoms with Crippen molar-refractivity contribution < 1.29 is 4.79 Å². The van der Waals surface area contributed by atoms with Crippen molar-refractivity contribution in [2.24, 2.45) is 5.73 Å². The molecule has 1 aromatic rings. The zero-order chi connectivity index (χ0) is 9.68. The van der Waals surface area contributed by atoms with Crippen LogP contribution in [0.2, 0.25) is 5.02 Å². The van der Waals surface area contributed by atoms with Crippen LogP contribution >= 0.6 is 11.6 Å². The van der Waals surface area contributed by atoms with Crippen LogP contribution in [0.25, 0.3) is 0 Å². The average Bonchev–Trinajstić information content (AvgIpc) is 2.15. The maximum atomic E-state index is 11.3. The topological polar surface area (TPSA) is 80.9 Å². The third kappa shape index (κ3) is 2.64. The van der Waals surface area contributed by atoms with Gasteiger partial charge in [-0.25, -0.2) is 9.97 Å². The summed E-state index contributed by atoms with van der Waals surface area (Å²) in [6, 6.07) is 0. The predicted octanol–water partition coefficient (Wildman–Crippen LogP) is -0.181. The highest BCUT2D eigenvalue weighted by Crippen LogP contribution is 2.09. The molecule has 0 saturated carbocycles. The van der Waals surface area contributed by atoms with Gasteiger partial charge in [0.25, 0.3) is 5.91 Å². The molecular weight excluding hydrogens is 192 g/mol. The van der Waals surface area contributed by atoms with E-state index in [1.807, 2.05) is 0 Å². The first-order chi connectivity index (χ1) is 6.25. The summed E-state index contributed by atoms with van der Waals surface area (Å²) in [5.74, 6) is -0.335. The second-order valence-corrected chi connectivity index (χ2v) is 2.67. The Kier molecular flexibility index (Phi) is 3.60. The van der Waals surface area contributed by atoms with E-state index in [2.05, 4.69) is 15.3 Å². The lowest BCUT2D eigenvalue weighted by Crippen LogP contribution is -2.29. The van der Waals surface area contributed by atoms with Crippen LogP contribution in [0.5, 0.6) is 0 Å². The Morgan fingerprint density at radius 3 is 3.08 bits per heavy atom. The van der Waals surface area contributed by atoms with Crippen LogP contribution in [0.4, 0.5) is 0 Å². The molecule has 0 aliphatic rings. The third-order valence-corrected chi connectivity index (χ3v) is 1.59. The lowest BCUT2D eigenvalue weighted by atomic mass is 10.4. The molecule has 0 aliphatic heterocycles. The first kappa shape index (κ1) is 9.88. The third-order valence-electron chi connectivity index (χ3n) is 1.31. The van der Waals surface area contributed by atoms with Gasteiger partial charge in [-0.05, 0) is 0 Å². The molecule has 0 atom stereocenters. The Bertz CT molecular complexity index is 304. The van der Waals surface area contributed by atoms with Crippen molar-refractivity contribution >= 4 is 17.5 Å². The van der Waals surface area contributed by atoms with Crippen molar-refractivity contribution in [2.75, 3.05) is 13.1 Å². The van der Waals surface area contributed by atoms with Crippen molar-refractivity contribution in [3.8, 4) is 0 Å². The quantitative estimate of drug-likeness (QED) is 0.709. The van der Waals surface area contributed by atoms with Gasteiger partial charge in [0, 0.05) is 19.3 Å². The van der Waals surface area contributed by atoms with E-state index in [9.17, 15) is 4.79 Å². The number of halogens is 1. The molecule has 0 saturated heterocycles. The minimum atomic E-state index is -0.335. The summed E-state index contributed by atoms with van der Waals surface area (Å²) in [7, 11) is 0. The number of nitrogens with one attached hydrogen (secondary N) is 1. The summed E-state index contributed by atoms with van der Waals surface area (Å²) >= 11 is 5.68. The number of carbonyl (C=O) groups is 1. The first-order valence-corrected chi connectivity index (χ1v) is 4.07. The Morgan fingerprint density at radius 1 is 1.69 bits per heavy atom. The Labute approximate surface area is 80.3 Å². The molecule has 3 N–H and O–H groups in total. The van der Waals surface area contributed by atoms with Gasteiger partial charge in [-0.3, -0.25) is 4.79 Å². The molecule has 6 heteroatoms. The van der Waals surface area contributed by atoms with Gasteiger partial charge in [-0.15, -0.1) is 0 Å². The van der Waals surface area contributed by atoms with Crippen LogP contribution < -0.4 is 11.1 Å². The van der Waals surface area contributed by atoms with Crippen LogP contribution in [0.3, 0.4) is 0 Å². The number of carbonyl (C=O) groups excluding carboxylic acids is 1. The van der Waals surface area contributed by atoms with Gasteiger partial charge < -0.3 is 11.1 Å². The van der Waals surface area contributed by atoms with Crippen LogP contribution in [0, 0.1) is 0 Å². The average molecular weight is 201 g/mol. The van der Waals surface area contributed by atoms with Crippen LogP contribution in [-0.2, 0) is 0 Å². The minimum absolute atomic E-state index is 0.171. The molecule has 1 aromatic heterocycles. The Balaban J connectivity index is 2.71. The van der Waals surface area contributed by atoms with E-state index in [0.29, 0.717) is 13.1 Å². The molecule has 0 aromatic carbocycles. The molecule has 0 aliphatic carbocycles. The SMILES string of the molecule is NCCNC(=O)c1ncncc1Cl. The molecule has 1 amide bonds. The molecule has 1 heterocycles. The van der Waals surface area contributed by atoms with Crippen molar-refractivity contribution in [3.63, 3.8) is 0 Å². The molecule has 0 spiro atoms. The number of aromatic nitrogens is 2. The Morgan fingerprint density at radius 2 is 2.46 bits per heavy atom. The van der Waals surface area contributed by atoms with E-state index in [4.69, 9.17) is 17.3 Å². The molecule has 13 heavy (non-hydrogen) atoms. The van der Waals surface area contributed by atoms with Crippen molar-refractivity contribution in [1.29, 1.82) is 0 Å². The monoisotopic (exact) mass is 200 g/mol. The molecule has 1 rings (SSSR count). The minimum Gasteiger partial charge on any atom is -0.349 e. The van der Waals surface area contributed by atoms with E-state index in [1.165, 1.54) is 12.5 Å². The van der Waals surface area contributed by atoms with Crippen molar-refractivity contribution in [3.05, 3.63) is 23.2 Å². The van der Waals surface area contributed by atoms with E-state index in [-0.39, 0.29) is 16.6 Å². The summed E-state index contributed by atoms with van der Waals surface area (Å²) < 4.78 is 0.